The van der Waals surface area contributed by atoms with Crippen LogP contribution in [-0.2, 0) is 13.1 Å². The third-order valence-corrected chi connectivity index (χ3v) is 3.73. The smallest absolute Gasteiger partial charge is 0.133 e. The molecular weight excluding hydrogens is 288 g/mol. The predicted octanol–water partition coefficient (Wildman–Crippen LogP) is 2.90. The molecule has 0 bridgehead atoms. The number of nitrogens with one attached hydrogen (secondary N) is 1. The number of nitrogens with zero attached hydrogens (tertiary/aromatic N) is 1. The molecule has 3 nitrogen and oxygen atoms in total. The Bertz CT molecular complexity index is 455. The molecule has 0 unspecified atom stereocenters. The molecule has 2 aromatic heterocycles. The minimum Gasteiger partial charge on any atom is -0.506 e. The molecule has 84 valence electrons. The van der Waals surface area contributed by atoms with Gasteiger partial charge in [-0.1, -0.05) is 0 Å². The first-order valence-electron chi connectivity index (χ1n) is 4.81. The van der Waals surface area contributed by atoms with Crippen molar-refractivity contribution in [2.45, 2.75) is 13.1 Å². The molecule has 2 aromatic rings. The van der Waals surface area contributed by atoms with Crippen LogP contribution >= 0.6 is 27.3 Å². The lowest BCUT2D eigenvalue weighted by Crippen LogP contribution is -2.12. The van der Waals surface area contributed by atoms with Crippen molar-refractivity contribution in [1.82, 2.24) is 10.3 Å². The highest BCUT2D eigenvalue weighted by Gasteiger charge is 1.98. The second-order valence-electron chi connectivity index (χ2n) is 3.34. The van der Waals surface area contributed by atoms with Crippen LogP contribution in [0.4, 0.5) is 0 Å². The Morgan fingerprint density at radius 3 is 2.88 bits per heavy atom. The highest BCUT2D eigenvalue weighted by Crippen LogP contribution is 2.19. The number of halogens is 1. The van der Waals surface area contributed by atoms with E-state index in [1.807, 2.05) is 6.07 Å². The molecule has 0 radical (unpaired) electrons. The van der Waals surface area contributed by atoms with E-state index in [1.54, 1.807) is 17.4 Å². The van der Waals surface area contributed by atoms with E-state index in [2.05, 4.69) is 37.7 Å². The van der Waals surface area contributed by atoms with Gasteiger partial charge in [-0.3, -0.25) is 4.98 Å². The van der Waals surface area contributed by atoms with Crippen LogP contribution in [0, 0.1) is 0 Å². The molecule has 0 aliphatic heterocycles. The number of pyridine rings is 1. The van der Waals surface area contributed by atoms with E-state index in [4.69, 9.17) is 5.11 Å². The monoisotopic (exact) mass is 298 g/mol. The average molecular weight is 299 g/mol. The molecule has 16 heavy (non-hydrogen) atoms. The summed E-state index contributed by atoms with van der Waals surface area (Å²) in [5.41, 5.74) is 0.924. The van der Waals surface area contributed by atoms with Gasteiger partial charge in [0, 0.05) is 27.8 Å². The minimum atomic E-state index is 0.200. The number of thiophene rings is 1. The summed E-state index contributed by atoms with van der Waals surface area (Å²) in [4.78, 5) is 5.38. The fourth-order valence-electron chi connectivity index (χ4n) is 1.28. The van der Waals surface area contributed by atoms with Crippen molar-refractivity contribution in [3.63, 3.8) is 0 Å². The van der Waals surface area contributed by atoms with Gasteiger partial charge >= 0.3 is 0 Å². The molecule has 0 aliphatic carbocycles. The molecule has 0 spiro atoms. The molecule has 0 aliphatic rings. The maximum Gasteiger partial charge on any atom is 0.133 e. The van der Waals surface area contributed by atoms with Crippen molar-refractivity contribution in [2.24, 2.45) is 0 Å². The van der Waals surface area contributed by atoms with E-state index < -0.39 is 0 Å². The summed E-state index contributed by atoms with van der Waals surface area (Å²) in [6.45, 7) is 1.54. The van der Waals surface area contributed by atoms with Gasteiger partial charge in [-0.2, -0.15) is 0 Å². The SMILES string of the molecule is Oc1ccc(CNCc2cc(Br)cs2)nc1. The van der Waals surface area contributed by atoms with Crippen LogP contribution in [0.15, 0.2) is 34.2 Å². The number of hydrogen-bond acceptors (Lipinski definition) is 4. The van der Waals surface area contributed by atoms with Crippen molar-refractivity contribution in [2.75, 3.05) is 0 Å². The van der Waals surface area contributed by atoms with Gasteiger partial charge < -0.3 is 10.4 Å². The van der Waals surface area contributed by atoms with Gasteiger partial charge in [0.25, 0.3) is 0 Å². The largest absolute Gasteiger partial charge is 0.506 e. The first kappa shape index (κ1) is 11.6. The van der Waals surface area contributed by atoms with Crippen molar-refractivity contribution < 1.29 is 5.11 Å². The second-order valence-corrected chi connectivity index (χ2v) is 5.25. The molecule has 0 amide bonds. The van der Waals surface area contributed by atoms with E-state index in [1.165, 1.54) is 11.1 Å². The lowest BCUT2D eigenvalue weighted by molar-refractivity contribution is 0.471. The zero-order chi connectivity index (χ0) is 11.4. The van der Waals surface area contributed by atoms with Gasteiger partial charge in [0.2, 0.25) is 0 Å². The molecule has 2 N–H and O–H groups in total. The molecule has 0 saturated carbocycles. The molecule has 0 fully saturated rings. The molecule has 2 heterocycles. The first-order chi connectivity index (χ1) is 7.74. The number of rotatable bonds is 4. The molecule has 5 heteroatoms. The summed E-state index contributed by atoms with van der Waals surface area (Å²) in [6, 6.07) is 5.56. The Morgan fingerprint density at radius 1 is 1.38 bits per heavy atom. The van der Waals surface area contributed by atoms with Crippen molar-refractivity contribution in [3.8, 4) is 5.75 Å². The summed E-state index contributed by atoms with van der Waals surface area (Å²) in [5.74, 6) is 0.200. The number of aromatic hydroxyl groups is 1. The fourth-order valence-corrected chi connectivity index (χ4v) is 2.70. The van der Waals surface area contributed by atoms with Crippen LogP contribution in [0.1, 0.15) is 10.6 Å². The third-order valence-electron chi connectivity index (χ3n) is 2.04. The van der Waals surface area contributed by atoms with E-state index in [0.29, 0.717) is 6.54 Å². The highest BCUT2D eigenvalue weighted by atomic mass is 79.9. The van der Waals surface area contributed by atoms with Crippen LogP contribution in [-0.4, -0.2) is 10.1 Å². The van der Waals surface area contributed by atoms with Crippen LogP contribution in [0.3, 0.4) is 0 Å². The third kappa shape index (κ3) is 3.30. The van der Waals surface area contributed by atoms with Gasteiger partial charge in [-0.15, -0.1) is 11.3 Å². The van der Waals surface area contributed by atoms with Crippen LogP contribution in [0.2, 0.25) is 0 Å². The van der Waals surface area contributed by atoms with Gasteiger partial charge in [0.15, 0.2) is 0 Å². The Kier molecular flexibility index (Phi) is 3.93. The maximum atomic E-state index is 9.08. The standard InChI is InChI=1S/C11H11BrN2OS/c12-8-3-11(16-7-8)6-13-4-9-1-2-10(15)5-14-9/h1-3,5,7,13,15H,4,6H2. The van der Waals surface area contributed by atoms with Gasteiger partial charge in [-0.25, -0.2) is 0 Å². The quantitative estimate of drug-likeness (QED) is 0.912. The van der Waals surface area contributed by atoms with E-state index >= 15 is 0 Å². The second kappa shape index (κ2) is 5.43. The number of hydrogen-bond donors (Lipinski definition) is 2. The van der Waals surface area contributed by atoms with Crippen LogP contribution in [0.25, 0.3) is 0 Å². The van der Waals surface area contributed by atoms with Crippen LogP contribution in [0.5, 0.6) is 5.75 Å². The Balaban J connectivity index is 1.82. The zero-order valence-electron chi connectivity index (χ0n) is 8.48. The summed E-state index contributed by atoms with van der Waals surface area (Å²) >= 11 is 5.14. The molecule has 0 aromatic carbocycles. The molecule has 0 atom stereocenters. The van der Waals surface area contributed by atoms with E-state index in [9.17, 15) is 0 Å². The van der Waals surface area contributed by atoms with Gasteiger partial charge in [0.05, 0.1) is 11.9 Å². The minimum absolute atomic E-state index is 0.200. The lowest BCUT2D eigenvalue weighted by Gasteiger charge is -2.02. The normalized spacial score (nSPS) is 10.6. The summed E-state index contributed by atoms with van der Waals surface area (Å²) in [7, 11) is 0. The average Bonchev–Trinajstić information content (AvgIpc) is 2.67. The Hall–Kier alpha value is -0.910. The fraction of sp³-hybridized carbons (Fsp3) is 0.182. The lowest BCUT2D eigenvalue weighted by atomic mass is 10.3. The van der Waals surface area contributed by atoms with E-state index in [0.717, 1.165) is 16.7 Å². The highest BCUT2D eigenvalue weighted by molar-refractivity contribution is 9.10. The van der Waals surface area contributed by atoms with Crippen LogP contribution < -0.4 is 5.32 Å². The molecular formula is C11H11BrN2OS. The number of aromatic nitrogens is 1. The van der Waals surface area contributed by atoms with E-state index in [-0.39, 0.29) is 5.75 Å². The summed E-state index contributed by atoms with van der Waals surface area (Å²) in [5, 5.41) is 14.4. The van der Waals surface area contributed by atoms with Crippen molar-refractivity contribution in [1.29, 1.82) is 0 Å². The Labute approximate surface area is 106 Å². The topological polar surface area (TPSA) is 45.1 Å². The van der Waals surface area contributed by atoms with Crippen molar-refractivity contribution >= 4 is 27.3 Å². The first-order valence-corrected chi connectivity index (χ1v) is 6.49. The molecule has 0 saturated heterocycles. The van der Waals surface area contributed by atoms with Gasteiger partial charge in [0.1, 0.15) is 5.75 Å². The zero-order valence-corrected chi connectivity index (χ0v) is 10.9. The predicted molar refractivity (Wildman–Crippen MR) is 68.5 cm³/mol. The van der Waals surface area contributed by atoms with Gasteiger partial charge in [-0.05, 0) is 34.1 Å². The molecule has 2 rings (SSSR count). The Morgan fingerprint density at radius 2 is 2.25 bits per heavy atom. The summed E-state index contributed by atoms with van der Waals surface area (Å²) in [6.07, 6.45) is 1.46. The van der Waals surface area contributed by atoms with Crippen molar-refractivity contribution in [3.05, 3.63) is 44.8 Å². The maximum absolute atomic E-state index is 9.08. The summed E-state index contributed by atoms with van der Waals surface area (Å²) < 4.78 is 1.12.